The largest absolute Gasteiger partial charge is 0.322 e. The number of anilines is 1. The second-order valence-electron chi connectivity index (χ2n) is 3.51. The number of amides is 2. The zero-order chi connectivity index (χ0) is 13.5. The van der Waals surface area contributed by atoms with Gasteiger partial charge >= 0.3 is 6.03 Å². The molecule has 0 atom stereocenters. The molecule has 1 aromatic carbocycles. The van der Waals surface area contributed by atoms with E-state index in [2.05, 4.69) is 18.5 Å². The number of nitrogens with one attached hydrogen (secondary N) is 1. The standard InChI is InChI=1S/C13H14Cl2N2O/c1-3-8-17(9-4-2)13(18)16-12-10(14)6-5-7-11(12)15/h3-7H,1-2,8-9H2,(H,16,18). The Morgan fingerprint density at radius 1 is 1.22 bits per heavy atom. The Morgan fingerprint density at radius 3 is 2.17 bits per heavy atom. The minimum atomic E-state index is -0.301. The van der Waals surface area contributed by atoms with Gasteiger partial charge in [0.1, 0.15) is 0 Å². The molecule has 0 aliphatic heterocycles. The molecular formula is C13H14Cl2N2O. The highest BCUT2D eigenvalue weighted by Crippen LogP contribution is 2.29. The topological polar surface area (TPSA) is 32.3 Å². The van der Waals surface area contributed by atoms with Crippen LogP contribution in [0.4, 0.5) is 10.5 Å². The van der Waals surface area contributed by atoms with Crippen molar-refractivity contribution in [2.45, 2.75) is 0 Å². The van der Waals surface area contributed by atoms with Gasteiger partial charge in [-0.2, -0.15) is 0 Å². The lowest BCUT2D eigenvalue weighted by Gasteiger charge is -2.20. The Kier molecular flexibility index (Phi) is 5.75. The fraction of sp³-hybridized carbons (Fsp3) is 0.154. The van der Waals surface area contributed by atoms with Crippen LogP contribution in [0.15, 0.2) is 43.5 Å². The minimum absolute atomic E-state index is 0.301. The molecule has 0 aliphatic carbocycles. The lowest BCUT2D eigenvalue weighted by Crippen LogP contribution is -2.35. The zero-order valence-electron chi connectivity index (χ0n) is 9.83. The van der Waals surface area contributed by atoms with E-state index in [1.807, 2.05) is 0 Å². The summed E-state index contributed by atoms with van der Waals surface area (Å²) in [6, 6.07) is 4.73. The van der Waals surface area contributed by atoms with E-state index < -0.39 is 0 Å². The van der Waals surface area contributed by atoms with Crippen molar-refractivity contribution in [2.75, 3.05) is 18.4 Å². The molecule has 96 valence electrons. The zero-order valence-corrected chi connectivity index (χ0v) is 11.3. The molecule has 0 aromatic heterocycles. The van der Waals surface area contributed by atoms with Crippen LogP contribution in [0, 0.1) is 0 Å². The smallest absolute Gasteiger partial charge is 0.317 e. The predicted octanol–water partition coefficient (Wildman–Crippen LogP) is 4.20. The number of hydrogen-bond acceptors (Lipinski definition) is 1. The second-order valence-corrected chi connectivity index (χ2v) is 4.32. The third kappa shape index (κ3) is 3.79. The maximum absolute atomic E-state index is 12.0. The Morgan fingerprint density at radius 2 is 1.72 bits per heavy atom. The highest BCUT2D eigenvalue weighted by molar-refractivity contribution is 6.39. The van der Waals surface area contributed by atoms with E-state index in [0.717, 1.165) is 0 Å². The third-order valence-corrected chi connectivity index (χ3v) is 2.81. The molecule has 1 rings (SSSR count). The van der Waals surface area contributed by atoms with Crippen molar-refractivity contribution in [1.29, 1.82) is 0 Å². The van der Waals surface area contributed by atoms with Crippen molar-refractivity contribution in [3.63, 3.8) is 0 Å². The lowest BCUT2D eigenvalue weighted by atomic mass is 10.3. The Labute approximate surface area is 117 Å². The number of para-hydroxylation sites is 1. The van der Waals surface area contributed by atoms with Gasteiger partial charge in [0.2, 0.25) is 0 Å². The van der Waals surface area contributed by atoms with E-state index in [0.29, 0.717) is 28.8 Å². The average molecular weight is 285 g/mol. The number of benzene rings is 1. The maximum Gasteiger partial charge on any atom is 0.322 e. The summed E-state index contributed by atoms with van der Waals surface area (Å²) in [5.41, 5.74) is 0.406. The molecule has 0 fully saturated rings. The van der Waals surface area contributed by atoms with Crippen LogP contribution in [0.25, 0.3) is 0 Å². The molecule has 0 bridgehead atoms. The molecule has 1 aromatic rings. The lowest BCUT2D eigenvalue weighted by molar-refractivity contribution is 0.222. The summed E-state index contributed by atoms with van der Waals surface area (Å²) in [4.78, 5) is 13.5. The normalized spacial score (nSPS) is 9.67. The van der Waals surface area contributed by atoms with Crippen molar-refractivity contribution in [3.05, 3.63) is 53.6 Å². The molecule has 0 radical (unpaired) electrons. The van der Waals surface area contributed by atoms with E-state index in [9.17, 15) is 4.79 Å². The van der Waals surface area contributed by atoms with Crippen LogP contribution in [0.5, 0.6) is 0 Å². The summed E-state index contributed by atoms with van der Waals surface area (Å²) in [6.07, 6.45) is 3.27. The highest BCUT2D eigenvalue weighted by Gasteiger charge is 2.14. The van der Waals surface area contributed by atoms with Crippen molar-refractivity contribution >= 4 is 34.9 Å². The van der Waals surface area contributed by atoms with E-state index in [1.165, 1.54) is 4.90 Å². The van der Waals surface area contributed by atoms with Crippen molar-refractivity contribution < 1.29 is 4.79 Å². The first-order chi connectivity index (χ1) is 8.60. The summed E-state index contributed by atoms with van der Waals surface area (Å²) >= 11 is 11.9. The fourth-order valence-electron chi connectivity index (χ4n) is 1.36. The van der Waals surface area contributed by atoms with Crippen molar-refractivity contribution in [2.24, 2.45) is 0 Å². The van der Waals surface area contributed by atoms with Gasteiger partial charge in [0.05, 0.1) is 15.7 Å². The van der Waals surface area contributed by atoms with Crippen LogP contribution < -0.4 is 5.32 Å². The summed E-state index contributed by atoms with van der Waals surface area (Å²) in [7, 11) is 0. The molecule has 0 saturated heterocycles. The van der Waals surface area contributed by atoms with Gasteiger partial charge < -0.3 is 10.2 Å². The van der Waals surface area contributed by atoms with Gasteiger partial charge in [-0.15, -0.1) is 13.2 Å². The van der Waals surface area contributed by atoms with Gasteiger partial charge in [0.15, 0.2) is 0 Å². The molecule has 2 amide bonds. The summed E-state index contributed by atoms with van der Waals surface area (Å²) < 4.78 is 0. The summed E-state index contributed by atoms with van der Waals surface area (Å²) in [5, 5.41) is 3.47. The molecule has 1 N–H and O–H groups in total. The third-order valence-electron chi connectivity index (χ3n) is 2.18. The number of hydrogen-bond donors (Lipinski definition) is 1. The number of urea groups is 1. The fourth-order valence-corrected chi connectivity index (χ4v) is 1.85. The monoisotopic (exact) mass is 284 g/mol. The van der Waals surface area contributed by atoms with E-state index in [1.54, 1.807) is 30.4 Å². The van der Waals surface area contributed by atoms with Crippen molar-refractivity contribution in [3.8, 4) is 0 Å². The molecule has 0 aliphatic rings. The molecule has 18 heavy (non-hydrogen) atoms. The van der Waals surface area contributed by atoms with Gasteiger partial charge in [-0.05, 0) is 12.1 Å². The molecule has 3 nitrogen and oxygen atoms in total. The van der Waals surface area contributed by atoms with Gasteiger partial charge in [0.25, 0.3) is 0 Å². The average Bonchev–Trinajstić information content (AvgIpc) is 2.33. The van der Waals surface area contributed by atoms with E-state index >= 15 is 0 Å². The first kappa shape index (κ1) is 14.6. The van der Waals surface area contributed by atoms with E-state index in [-0.39, 0.29) is 6.03 Å². The van der Waals surface area contributed by atoms with Gasteiger partial charge in [-0.25, -0.2) is 4.79 Å². The predicted molar refractivity (Wildman–Crippen MR) is 77.4 cm³/mol. The van der Waals surface area contributed by atoms with Crippen LogP contribution in [0.2, 0.25) is 10.0 Å². The molecule has 5 heteroatoms. The number of carbonyl (C=O) groups is 1. The Hall–Kier alpha value is -1.45. The van der Waals surface area contributed by atoms with Crippen LogP contribution in [0.1, 0.15) is 0 Å². The van der Waals surface area contributed by atoms with Crippen LogP contribution in [-0.2, 0) is 0 Å². The van der Waals surface area contributed by atoms with Crippen LogP contribution in [-0.4, -0.2) is 24.0 Å². The maximum atomic E-state index is 12.0. The van der Waals surface area contributed by atoms with Crippen LogP contribution >= 0.6 is 23.2 Å². The minimum Gasteiger partial charge on any atom is -0.317 e. The number of nitrogens with zero attached hydrogens (tertiary/aromatic N) is 1. The van der Waals surface area contributed by atoms with Crippen LogP contribution in [0.3, 0.4) is 0 Å². The highest BCUT2D eigenvalue weighted by atomic mass is 35.5. The van der Waals surface area contributed by atoms with Gasteiger partial charge in [-0.1, -0.05) is 41.4 Å². The molecular weight excluding hydrogens is 271 g/mol. The molecule has 0 heterocycles. The van der Waals surface area contributed by atoms with Gasteiger partial charge in [-0.3, -0.25) is 0 Å². The first-order valence-corrected chi connectivity index (χ1v) is 6.07. The Bertz CT molecular complexity index is 430. The van der Waals surface area contributed by atoms with Gasteiger partial charge in [0, 0.05) is 13.1 Å². The number of carbonyl (C=O) groups excluding carboxylic acids is 1. The summed E-state index contributed by atoms with van der Waals surface area (Å²) in [5.74, 6) is 0. The molecule has 0 saturated carbocycles. The summed E-state index contributed by atoms with van der Waals surface area (Å²) in [6.45, 7) is 8.03. The first-order valence-electron chi connectivity index (χ1n) is 5.32. The number of rotatable bonds is 5. The second kappa shape index (κ2) is 7.09. The molecule has 0 unspecified atom stereocenters. The SMILES string of the molecule is C=CCN(CC=C)C(=O)Nc1c(Cl)cccc1Cl. The quantitative estimate of drug-likeness (QED) is 0.808. The number of halogens is 2. The molecule has 0 spiro atoms. The Balaban J connectivity index is 2.85. The van der Waals surface area contributed by atoms with Crippen molar-refractivity contribution in [1.82, 2.24) is 4.90 Å². The van der Waals surface area contributed by atoms with E-state index in [4.69, 9.17) is 23.2 Å².